The van der Waals surface area contributed by atoms with E-state index in [-0.39, 0.29) is 24.9 Å². The van der Waals surface area contributed by atoms with Crippen LogP contribution < -0.4 is 15.4 Å². The molecule has 1 saturated heterocycles. The van der Waals surface area contributed by atoms with Gasteiger partial charge in [-0.1, -0.05) is 30.3 Å². The van der Waals surface area contributed by atoms with Gasteiger partial charge in [-0.15, -0.1) is 0 Å². The summed E-state index contributed by atoms with van der Waals surface area (Å²) in [5, 5.41) is 0. The first-order valence-electron chi connectivity index (χ1n) is 11.3. The number of fused-ring (bicyclic) bond motifs is 6. The molecule has 3 heterocycles. The molecule has 4 bridgehead atoms. The van der Waals surface area contributed by atoms with Crippen LogP contribution in [0.25, 0.3) is 0 Å². The van der Waals surface area contributed by atoms with E-state index < -0.39 is 17.4 Å². The highest BCUT2D eigenvalue weighted by Crippen LogP contribution is 2.56. The van der Waals surface area contributed by atoms with Crippen molar-refractivity contribution in [3.8, 4) is 5.75 Å². The summed E-state index contributed by atoms with van der Waals surface area (Å²) in [5.41, 5.74) is 7.23. The first-order valence-corrected chi connectivity index (χ1v) is 11.3. The van der Waals surface area contributed by atoms with Gasteiger partial charge in [0.05, 0.1) is 24.6 Å². The Morgan fingerprint density at radius 2 is 1.97 bits per heavy atom. The number of amides is 3. The second-order valence-electron chi connectivity index (χ2n) is 9.06. The maximum Gasteiger partial charge on any atom is 0.242 e. The Balaban J connectivity index is 1.71. The molecule has 172 valence electrons. The van der Waals surface area contributed by atoms with Gasteiger partial charge in [0.25, 0.3) is 0 Å². The summed E-state index contributed by atoms with van der Waals surface area (Å²) in [4.78, 5) is 44.4. The Bertz CT molecular complexity index is 1120. The van der Waals surface area contributed by atoms with Gasteiger partial charge in [0, 0.05) is 25.8 Å². The lowest BCUT2D eigenvalue weighted by Gasteiger charge is -2.35. The predicted octanol–water partition coefficient (Wildman–Crippen LogP) is 1.44. The zero-order chi connectivity index (χ0) is 23.2. The van der Waals surface area contributed by atoms with Crippen LogP contribution in [0.4, 0.5) is 5.69 Å². The molecule has 8 heteroatoms. The Hall–Kier alpha value is -3.39. The van der Waals surface area contributed by atoms with Gasteiger partial charge in [0.15, 0.2) is 0 Å². The zero-order valence-corrected chi connectivity index (χ0v) is 18.7. The maximum absolute atomic E-state index is 14.2. The van der Waals surface area contributed by atoms with E-state index in [1.54, 1.807) is 16.8 Å². The fourth-order valence-corrected chi connectivity index (χ4v) is 5.62. The number of hydrogen-bond donors (Lipinski definition) is 1. The number of anilines is 1. The van der Waals surface area contributed by atoms with Crippen LogP contribution in [0.5, 0.6) is 5.75 Å². The molecule has 1 spiro atoms. The van der Waals surface area contributed by atoms with Gasteiger partial charge in [-0.05, 0) is 42.2 Å². The van der Waals surface area contributed by atoms with Gasteiger partial charge >= 0.3 is 0 Å². The van der Waals surface area contributed by atoms with E-state index in [1.807, 2.05) is 53.4 Å². The van der Waals surface area contributed by atoms with Crippen LogP contribution in [0.15, 0.2) is 48.5 Å². The van der Waals surface area contributed by atoms with E-state index in [0.29, 0.717) is 38.3 Å². The molecule has 2 atom stereocenters. The van der Waals surface area contributed by atoms with E-state index in [0.717, 1.165) is 16.8 Å². The fourth-order valence-electron chi connectivity index (χ4n) is 5.62. The molecule has 1 fully saturated rings. The Morgan fingerprint density at radius 3 is 2.79 bits per heavy atom. The molecule has 2 aromatic carbocycles. The normalized spacial score (nSPS) is 25.3. The number of rotatable bonds is 2. The molecule has 0 saturated carbocycles. The van der Waals surface area contributed by atoms with Gasteiger partial charge in [-0.2, -0.15) is 0 Å². The molecule has 3 aliphatic rings. The summed E-state index contributed by atoms with van der Waals surface area (Å²) < 4.78 is 5.97. The molecule has 2 aromatic rings. The van der Waals surface area contributed by atoms with Crippen molar-refractivity contribution in [1.82, 2.24) is 9.80 Å². The zero-order valence-electron chi connectivity index (χ0n) is 18.7. The molecule has 0 radical (unpaired) electrons. The smallest absolute Gasteiger partial charge is 0.242 e. The fraction of sp³-hybridized carbons (Fsp3) is 0.400. The lowest BCUT2D eigenvalue weighted by molar-refractivity contribution is -0.131. The highest BCUT2D eigenvalue weighted by Gasteiger charge is 2.60. The standard InChI is InChI=1S/C25H28N4O4/c1-27-11-5-13-33-18-7-4-6-17(14-18)23-25(10-12-28(23)15-21(26)30)19-8-2-3-9-20(19)29(24(25)32)16-22(27)31/h2-4,6-9,14,23H,5,10-13,15-16H2,1H3,(H2,26,30)/t23-,25+/m0/s1. The van der Waals surface area contributed by atoms with Gasteiger partial charge < -0.3 is 20.3 Å². The molecule has 0 aliphatic carbocycles. The minimum atomic E-state index is -0.909. The van der Waals surface area contributed by atoms with Crippen molar-refractivity contribution in [2.24, 2.45) is 5.73 Å². The molecule has 0 aromatic heterocycles. The molecule has 8 nitrogen and oxygen atoms in total. The molecule has 2 N–H and O–H groups in total. The van der Waals surface area contributed by atoms with Crippen molar-refractivity contribution < 1.29 is 19.1 Å². The summed E-state index contributed by atoms with van der Waals surface area (Å²) in [6.45, 7) is 1.60. The lowest BCUT2D eigenvalue weighted by atomic mass is 9.72. The molecular weight excluding hydrogens is 420 g/mol. The van der Waals surface area contributed by atoms with Gasteiger partial charge in [-0.25, -0.2) is 0 Å². The summed E-state index contributed by atoms with van der Waals surface area (Å²) in [7, 11) is 1.75. The Kier molecular flexibility index (Phi) is 5.32. The second kappa shape index (κ2) is 8.19. The summed E-state index contributed by atoms with van der Waals surface area (Å²) in [6, 6.07) is 15.0. The number of primary amides is 1. The van der Waals surface area contributed by atoms with E-state index in [4.69, 9.17) is 10.5 Å². The summed E-state index contributed by atoms with van der Waals surface area (Å²) in [6.07, 6.45) is 1.21. The number of carbonyl (C=O) groups excluding carboxylic acids is 3. The van der Waals surface area contributed by atoms with Crippen molar-refractivity contribution in [3.05, 3.63) is 59.7 Å². The quantitative estimate of drug-likeness (QED) is 0.750. The molecule has 0 unspecified atom stereocenters. The van der Waals surface area contributed by atoms with Crippen molar-refractivity contribution in [2.75, 3.05) is 44.7 Å². The average Bonchev–Trinajstić information content (AvgIpc) is 3.28. The van der Waals surface area contributed by atoms with Crippen molar-refractivity contribution in [2.45, 2.75) is 24.3 Å². The highest BCUT2D eigenvalue weighted by molar-refractivity contribution is 6.11. The molecular formula is C25H28N4O4. The number of ether oxygens (including phenoxy) is 1. The van der Waals surface area contributed by atoms with Crippen LogP contribution in [0.1, 0.15) is 30.0 Å². The van der Waals surface area contributed by atoms with Crippen molar-refractivity contribution in [3.63, 3.8) is 0 Å². The monoisotopic (exact) mass is 448 g/mol. The number of hydrogen-bond acceptors (Lipinski definition) is 5. The van der Waals surface area contributed by atoms with E-state index in [2.05, 4.69) is 0 Å². The van der Waals surface area contributed by atoms with Crippen LogP contribution in [-0.2, 0) is 19.8 Å². The first kappa shape index (κ1) is 21.5. The van der Waals surface area contributed by atoms with Crippen molar-refractivity contribution in [1.29, 1.82) is 0 Å². The maximum atomic E-state index is 14.2. The Morgan fingerprint density at radius 1 is 1.15 bits per heavy atom. The van der Waals surface area contributed by atoms with Crippen LogP contribution in [0.2, 0.25) is 0 Å². The average molecular weight is 449 g/mol. The molecule has 3 aliphatic heterocycles. The second-order valence-corrected chi connectivity index (χ2v) is 9.06. The van der Waals surface area contributed by atoms with Crippen molar-refractivity contribution >= 4 is 23.4 Å². The predicted molar refractivity (Wildman–Crippen MR) is 123 cm³/mol. The molecule has 3 amide bonds. The summed E-state index contributed by atoms with van der Waals surface area (Å²) >= 11 is 0. The number of likely N-dealkylation sites (N-methyl/N-ethyl adjacent to an activating group) is 1. The van der Waals surface area contributed by atoms with Crippen LogP contribution in [0, 0.1) is 0 Å². The number of nitrogens with zero attached hydrogens (tertiary/aromatic N) is 3. The number of carbonyl (C=O) groups is 3. The van der Waals surface area contributed by atoms with E-state index >= 15 is 0 Å². The number of nitrogens with two attached hydrogens (primary N) is 1. The first-order chi connectivity index (χ1) is 15.9. The molecule has 33 heavy (non-hydrogen) atoms. The van der Waals surface area contributed by atoms with Crippen LogP contribution in [0.3, 0.4) is 0 Å². The largest absolute Gasteiger partial charge is 0.494 e. The third kappa shape index (κ3) is 3.45. The van der Waals surface area contributed by atoms with Gasteiger partial charge in [0.2, 0.25) is 17.7 Å². The third-order valence-corrected chi connectivity index (χ3v) is 7.09. The van der Waals surface area contributed by atoms with Crippen LogP contribution in [-0.4, -0.2) is 67.4 Å². The van der Waals surface area contributed by atoms with Crippen LogP contribution >= 0.6 is 0 Å². The molecule has 5 rings (SSSR count). The topological polar surface area (TPSA) is 96.2 Å². The summed E-state index contributed by atoms with van der Waals surface area (Å²) in [5.74, 6) is 0.0431. The minimum absolute atomic E-state index is 0.0163. The Labute approximate surface area is 192 Å². The van der Waals surface area contributed by atoms with Gasteiger partial charge in [-0.3, -0.25) is 19.3 Å². The van der Waals surface area contributed by atoms with E-state index in [9.17, 15) is 14.4 Å². The van der Waals surface area contributed by atoms with Gasteiger partial charge in [0.1, 0.15) is 12.3 Å². The third-order valence-electron chi connectivity index (χ3n) is 7.09. The minimum Gasteiger partial charge on any atom is -0.494 e. The van der Waals surface area contributed by atoms with E-state index in [1.165, 1.54) is 0 Å². The highest BCUT2D eigenvalue weighted by atomic mass is 16.5. The SMILES string of the molecule is CN1CCCOc2cccc(c2)[C@@H]2N(CC(N)=O)CC[C@]23C(=O)N(CC1=O)c1ccccc13. The number of likely N-dealkylation sites (tertiary alicyclic amines) is 1. The number of para-hydroxylation sites is 1. The number of benzene rings is 2. The lowest BCUT2D eigenvalue weighted by Crippen LogP contribution is -2.48.